The monoisotopic (exact) mass is 427 g/mol. The Labute approximate surface area is 189 Å². The van der Waals surface area contributed by atoms with Gasteiger partial charge in [-0.1, -0.05) is 104 Å². The average molecular weight is 428 g/mol. The molecule has 1 heterocycles. The van der Waals surface area contributed by atoms with Gasteiger partial charge in [-0.2, -0.15) is 0 Å². The van der Waals surface area contributed by atoms with Crippen LogP contribution >= 0.6 is 0 Å². The summed E-state index contributed by atoms with van der Waals surface area (Å²) in [5.74, 6) is -0.548. The Kier molecular flexibility index (Phi) is 6.40. The number of hydrogen-bond acceptors (Lipinski definition) is 3. The third-order valence-corrected chi connectivity index (χ3v) is 6.40. The largest absolute Gasteiger partial charge is 0.438 e. The van der Waals surface area contributed by atoms with Gasteiger partial charge < -0.3 is 4.74 Å². The maximum Gasteiger partial charge on any atom is 0.417 e. The predicted octanol–water partition coefficient (Wildman–Crippen LogP) is 6.59. The molecule has 0 aromatic heterocycles. The summed E-state index contributed by atoms with van der Waals surface area (Å²) < 4.78 is 5.80. The zero-order valence-corrected chi connectivity index (χ0v) is 18.8. The second-order valence-corrected chi connectivity index (χ2v) is 8.50. The van der Waals surface area contributed by atoms with Crippen molar-refractivity contribution in [2.24, 2.45) is 5.92 Å². The normalized spacial score (nSPS) is 20.0. The molecule has 0 aliphatic carbocycles. The second kappa shape index (κ2) is 9.39. The Morgan fingerprint density at radius 3 is 2.16 bits per heavy atom. The molecule has 32 heavy (non-hydrogen) atoms. The molecule has 1 aliphatic rings. The minimum atomic E-state index is -0.580. The van der Waals surface area contributed by atoms with Crippen molar-refractivity contribution in [1.82, 2.24) is 4.90 Å². The van der Waals surface area contributed by atoms with Gasteiger partial charge in [0.25, 0.3) is 0 Å². The molecule has 0 bridgehead atoms. The summed E-state index contributed by atoms with van der Waals surface area (Å²) in [6.07, 6.45) is -0.317. The smallest absolute Gasteiger partial charge is 0.417 e. The van der Waals surface area contributed by atoms with Gasteiger partial charge in [0, 0.05) is 5.92 Å². The minimum absolute atomic E-state index is 0.0161. The van der Waals surface area contributed by atoms with E-state index in [2.05, 4.69) is 32.0 Å². The van der Waals surface area contributed by atoms with Crippen LogP contribution in [0.1, 0.15) is 60.6 Å². The summed E-state index contributed by atoms with van der Waals surface area (Å²) in [4.78, 5) is 28.2. The summed E-state index contributed by atoms with van der Waals surface area (Å²) in [6, 6.07) is 27.1. The van der Waals surface area contributed by atoms with Crippen molar-refractivity contribution in [3.05, 3.63) is 107 Å². The van der Waals surface area contributed by atoms with Crippen molar-refractivity contribution in [2.45, 2.75) is 45.3 Å². The van der Waals surface area contributed by atoms with Gasteiger partial charge in [0.15, 0.2) is 6.10 Å². The zero-order valence-electron chi connectivity index (χ0n) is 18.8. The number of ether oxygens (including phenoxy) is 1. The average Bonchev–Trinajstić information content (AvgIpc) is 3.17. The third-order valence-electron chi connectivity index (χ3n) is 6.40. The van der Waals surface area contributed by atoms with E-state index in [4.69, 9.17) is 4.74 Å². The molecule has 1 saturated heterocycles. The highest BCUT2D eigenvalue weighted by Crippen LogP contribution is 2.44. The second-order valence-electron chi connectivity index (χ2n) is 8.50. The van der Waals surface area contributed by atoms with E-state index in [0.717, 1.165) is 28.7 Å². The van der Waals surface area contributed by atoms with Crippen molar-refractivity contribution in [2.75, 3.05) is 0 Å². The number of amides is 2. The molecule has 4 rings (SSSR count). The molecule has 0 spiro atoms. The molecule has 4 nitrogen and oxygen atoms in total. The first-order chi connectivity index (χ1) is 15.5. The van der Waals surface area contributed by atoms with Crippen LogP contribution in [-0.4, -0.2) is 16.9 Å². The van der Waals surface area contributed by atoms with Gasteiger partial charge in [0.05, 0.1) is 0 Å². The van der Waals surface area contributed by atoms with Crippen LogP contribution in [-0.2, 0) is 9.53 Å². The van der Waals surface area contributed by atoms with Crippen molar-refractivity contribution in [3.8, 4) is 0 Å². The van der Waals surface area contributed by atoms with E-state index >= 15 is 0 Å². The first-order valence-electron chi connectivity index (χ1n) is 11.2. The molecule has 3 aromatic carbocycles. The third kappa shape index (κ3) is 4.18. The highest BCUT2D eigenvalue weighted by atomic mass is 16.6. The van der Waals surface area contributed by atoms with Crippen LogP contribution in [0.25, 0.3) is 0 Å². The molecular formula is C28H29NO3. The van der Waals surface area contributed by atoms with Crippen LogP contribution in [0.4, 0.5) is 4.79 Å². The fourth-order valence-corrected chi connectivity index (χ4v) is 4.74. The van der Waals surface area contributed by atoms with Gasteiger partial charge in [-0.3, -0.25) is 4.79 Å². The Bertz CT molecular complexity index is 1080. The van der Waals surface area contributed by atoms with E-state index in [0.29, 0.717) is 0 Å². The van der Waals surface area contributed by atoms with Gasteiger partial charge in [0.2, 0.25) is 5.91 Å². The Morgan fingerprint density at radius 2 is 1.56 bits per heavy atom. The lowest BCUT2D eigenvalue weighted by atomic mass is 9.83. The molecule has 4 heteroatoms. The number of carbonyl (C=O) groups excluding carboxylic acids is 2. The van der Waals surface area contributed by atoms with E-state index in [-0.39, 0.29) is 17.7 Å². The van der Waals surface area contributed by atoms with Crippen LogP contribution in [0.2, 0.25) is 0 Å². The van der Waals surface area contributed by atoms with Crippen molar-refractivity contribution < 1.29 is 14.3 Å². The number of rotatable bonds is 6. The van der Waals surface area contributed by atoms with Gasteiger partial charge in [0.1, 0.15) is 6.04 Å². The minimum Gasteiger partial charge on any atom is -0.438 e. The summed E-state index contributed by atoms with van der Waals surface area (Å²) in [7, 11) is 0. The van der Waals surface area contributed by atoms with Crippen LogP contribution in [0, 0.1) is 12.8 Å². The number of aryl methyl sites for hydroxylation is 1. The number of nitrogens with zero attached hydrogens (tertiary/aromatic N) is 1. The summed E-state index contributed by atoms with van der Waals surface area (Å²) in [6.45, 7) is 6.06. The summed E-state index contributed by atoms with van der Waals surface area (Å²) >= 11 is 0. The molecular weight excluding hydrogens is 398 g/mol. The first kappa shape index (κ1) is 21.8. The van der Waals surface area contributed by atoms with E-state index in [1.165, 1.54) is 4.90 Å². The number of imide groups is 1. The standard InChI is InChI=1S/C28H29NO3/c1-4-24(23-17-11-12-19(2)18-23)20(3)27(30)29-25(21-13-7-5-8-14-21)26(32-28(29)31)22-15-9-6-10-16-22/h5-18,20,24-26H,4H2,1-3H3/t20-,24-,25-,26+/m1/s1. The highest BCUT2D eigenvalue weighted by molar-refractivity contribution is 5.95. The van der Waals surface area contributed by atoms with Gasteiger partial charge >= 0.3 is 6.09 Å². The lowest BCUT2D eigenvalue weighted by Gasteiger charge is -2.29. The molecule has 164 valence electrons. The molecule has 1 aliphatic heterocycles. The van der Waals surface area contributed by atoms with Crippen molar-refractivity contribution in [3.63, 3.8) is 0 Å². The van der Waals surface area contributed by atoms with Crippen LogP contribution in [0.3, 0.4) is 0 Å². The number of cyclic esters (lactones) is 1. The maximum absolute atomic E-state index is 13.8. The van der Waals surface area contributed by atoms with E-state index in [1.54, 1.807) is 0 Å². The molecule has 0 N–H and O–H groups in total. The SMILES string of the molecule is CC[C@@H](c1cccc(C)c1)[C@@H](C)C(=O)N1C(=O)O[C@@H](c2ccccc2)[C@H]1c1ccccc1. The molecule has 3 aromatic rings. The van der Waals surface area contributed by atoms with Crippen LogP contribution in [0.5, 0.6) is 0 Å². The van der Waals surface area contributed by atoms with Gasteiger partial charge in [-0.15, -0.1) is 0 Å². The van der Waals surface area contributed by atoms with E-state index < -0.39 is 18.2 Å². The number of benzene rings is 3. The topological polar surface area (TPSA) is 46.6 Å². The fourth-order valence-electron chi connectivity index (χ4n) is 4.74. The summed E-state index contributed by atoms with van der Waals surface area (Å²) in [5.41, 5.74) is 4.05. The van der Waals surface area contributed by atoms with Gasteiger partial charge in [-0.05, 0) is 36.0 Å². The van der Waals surface area contributed by atoms with Crippen LogP contribution < -0.4 is 0 Å². The molecule has 0 unspecified atom stereocenters. The Morgan fingerprint density at radius 1 is 0.938 bits per heavy atom. The zero-order chi connectivity index (χ0) is 22.7. The van der Waals surface area contributed by atoms with Crippen molar-refractivity contribution in [1.29, 1.82) is 0 Å². The Hall–Kier alpha value is -3.40. The van der Waals surface area contributed by atoms with Crippen molar-refractivity contribution >= 4 is 12.0 Å². The van der Waals surface area contributed by atoms with E-state index in [1.807, 2.05) is 73.7 Å². The molecule has 0 saturated carbocycles. The molecule has 4 atom stereocenters. The summed E-state index contributed by atoms with van der Waals surface area (Å²) in [5, 5.41) is 0. The first-order valence-corrected chi connectivity index (χ1v) is 11.2. The lowest BCUT2D eigenvalue weighted by molar-refractivity contribution is -0.134. The Balaban J connectivity index is 1.71. The van der Waals surface area contributed by atoms with E-state index in [9.17, 15) is 9.59 Å². The predicted molar refractivity (Wildman–Crippen MR) is 125 cm³/mol. The molecule has 1 fully saturated rings. The quantitative estimate of drug-likeness (QED) is 0.446. The number of hydrogen-bond donors (Lipinski definition) is 0. The number of carbonyl (C=O) groups is 2. The lowest BCUT2D eigenvalue weighted by Crippen LogP contribution is -2.39. The van der Waals surface area contributed by atoms with Crippen LogP contribution in [0.15, 0.2) is 84.9 Å². The highest BCUT2D eigenvalue weighted by Gasteiger charge is 2.48. The maximum atomic E-state index is 13.8. The van der Waals surface area contributed by atoms with Gasteiger partial charge in [-0.25, -0.2) is 9.69 Å². The fraction of sp³-hybridized carbons (Fsp3) is 0.286. The molecule has 2 amide bonds. The molecule has 0 radical (unpaired) electrons.